The third kappa shape index (κ3) is 3.02. The number of H-pyrrole nitrogens is 1. The fraction of sp³-hybridized carbons (Fsp3) is 0.429. The second-order valence-corrected chi connectivity index (χ2v) is 5.81. The second-order valence-electron chi connectivity index (χ2n) is 5.40. The number of fused-ring (bicyclic) bond motifs is 1. The summed E-state index contributed by atoms with van der Waals surface area (Å²) in [4.78, 5) is 3.24. The molecule has 0 saturated carbocycles. The Morgan fingerprint density at radius 3 is 2.76 bits per heavy atom. The van der Waals surface area contributed by atoms with E-state index in [2.05, 4.69) is 43.3 Å². The minimum Gasteiger partial charge on any atom is -0.360 e. The Labute approximate surface area is 107 Å². The molecule has 0 aliphatic carbocycles. The molecule has 17 heavy (non-hydrogen) atoms. The summed E-state index contributed by atoms with van der Waals surface area (Å²) in [7, 11) is 0. The van der Waals surface area contributed by atoms with Crippen molar-refractivity contribution in [1.29, 1.82) is 0 Å². The van der Waals surface area contributed by atoms with E-state index in [4.69, 9.17) is 11.6 Å². The molecule has 1 aromatic heterocycles. The first-order valence-electron chi connectivity index (χ1n) is 5.97. The van der Waals surface area contributed by atoms with Crippen LogP contribution in [0.25, 0.3) is 10.9 Å². The summed E-state index contributed by atoms with van der Waals surface area (Å²) >= 11 is 6.13. The number of hydrogen-bond acceptors (Lipinski definition) is 1. The van der Waals surface area contributed by atoms with Gasteiger partial charge in [0.1, 0.15) is 0 Å². The van der Waals surface area contributed by atoms with Crippen molar-refractivity contribution in [3.8, 4) is 0 Å². The molecule has 0 unspecified atom stereocenters. The smallest absolute Gasteiger partial charge is 0.0647 e. The van der Waals surface area contributed by atoms with Gasteiger partial charge in [-0.2, -0.15) is 0 Å². The molecular weight excluding hydrogens is 232 g/mol. The molecule has 1 heterocycles. The van der Waals surface area contributed by atoms with Crippen molar-refractivity contribution in [2.24, 2.45) is 0 Å². The number of benzene rings is 1. The summed E-state index contributed by atoms with van der Waals surface area (Å²) in [5.74, 6) is 0. The van der Waals surface area contributed by atoms with Crippen LogP contribution in [0.15, 0.2) is 24.4 Å². The first kappa shape index (κ1) is 12.5. The summed E-state index contributed by atoms with van der Waals surface area (Å²) in [5.41, 5.74) is 2.53. The Morgan fingerprint density at radius 2 is 2.06 bits per heavy atom. The van der Waals surface area contributed by atoms with Crippen LogP contribution in [0.4, 0.5) is 0 Å². The summed E-state index contributed by atoms with van der Waals surface area (Å²) in [5, 5.41) is 5.51. The van der Waals surface area contributed by atoms with Gasteiger partial charge in [-0.1, -0.05) is 23.7 Å². The molecule has 0 aliphatic heterocycles. The number of aromatic nitrogens is 1. The van der Waals surface area contributed by atoms with Crippen molar-refractivity contribution in [2.75, 3.05) is 6.54 Å². The van der Waals surface area contributed by atoms with E-state index in [1.54, 1.807) is 0 Å². The Balaban J connectivity index is 2.12. The lowest BCUT2D eigenvalue weighted by atomic mass is 10.1. The Morgan fingerprint density at radius 1 is 1.29 bits per heavy atom. The van der Waals surface area contributed by atoms with Crippen LogP contribution >= 0.6 is 11.6 Å². The van der Waals surface area contributed by atoms with Crippen LogP contribution in [-0.2, 0) is 6.42 Å². The molecule has 2 rings (SSSR count). The molecule has 3 heteroatoms. The van der Waals surface area contributed by atoms with E-state index in [1.807, 2.05) is 12.1 Å². The molecule has 0 fully saturated rings. The van der Waals surface area contributed by atoms with E-state index in [-0.39, 0.29) is 5.54 Å². The maximum Gasteiger partial charge on any atom is 0.0647 e. The molecule has 1 aromatic carbocycles. The van der Waals surface area contributed by atoms with Gasteiger partial charge >= 0.3 is 0 Å². The van der Waals surface area contributed by atoms with E-state index < -0.39 is 0 Å². The van der Waals surface area contributed by atoms with Crippen LogP contribution in [-0.4, -0.2) is 17.1 Å². The second kappa shape index (κ2) is 4.71. The van der Waals surface area contributed by atoms with Crippen molar-refractivity contribution < 1.29 is 0 Å². The van der Waals surface area contributed by atoms with Gasteiger partial charge in [0, 0.05) is 17.1 Å². The summed E-state index contributed by atoms with van der Waals surface area (Å²) in [6, 6.07) is 6.03. The standard InChI is InChI=1S/C14H19ClN2/c1-14(2,3)17-8-7-10-9-16-13-11(10)5-4-6-12(13)15/h4-6,9,16-17H,7-8H2,1-3H3. The van der Waals surface area contributed by atoms with Crippen LogP contribution in [0.3, 0.4) is 0 Å². The quantitative estimate of drug-likeness (QED) is 0.853. The van der Waals surface area contributed by atoms with Crippen LogP contribution in [0.1, 0.15) is 26.3 Å². The Hall–Kier alpha value is -0.990. The van der Waals surface area contributed by atoms with Gasteiger partial charge in [0.2, 0.25) is 0 Å². The van der Waals surface area contributed by atoms with Crippen molar-refractivity contribution >= 4 is 22.5 Å². The fourth-order valence-electron chi connectivity index (χ4n) is 1.95. The molecule has 2 aromatic rings. The summed E-state index contributed by atoms with van der Waals surface area (Å²) in [6.45, 7) is 7.51. The minimum atomic E-state index is 0.170. The van der Waals surface area contributed by atoms with E-state index in [0.717, 1.165) is 23.5 Å². The number of hydrogen-bond donors (Lipinski definition) is 2. The Bertz CT molecular complexity index is 508. The first-order chi connectivity index (χ1) is 7.97. The van der Waals surface area contributed by atoms with Gasteiger partial charge in [-0.3, -0.25) is 0 Å². The van der Waals surface area contributed by atoms with E-state index in [0.29, 0.717) is 0 Å². The predicted octanol–water partition coefficient (Wildman–Crippen LogP) is 3.75. The topological polar surface area (TPSA) is 27.8 Å². The highest BCUT2D eigenvalue weighted by Gasteiger charge is 2.10. The van der Waals surface area contributed by atoms with Gasteiger partial charge < -0.3 is 10.3 Å². The highest BCUT2D eigenvalue weighted by atomic mass is 35.5. The van der Waals surface area contributed by atoms with Crippen molar-refractivity contribution in [1.82, 2.24) is 10.3 Å². The Kier molecular flexibility index (Phi) is 3.45. The summed E-state index contributed by atoms with van der Waals surface area (Å²) in [6.07, 6.45) is 3.07. The van der Waals surface area contributed by atoms with Crippen molar-refractivity contribution in [2.45, 2.75) is 32.7 Å². The third-order valence-corrected chi connectivity index (χ3v) is 3.11. The van der Waals surface area contributed by atoms with Crippen LogP contribution < -0.4 is 5.32 Å². The van der Waals surface area contributed by atoms with E-state index in [9.17, 15) is 0 Å². The average molecular weight is 251 g/mol. The number of aromatic amines is 1. The van der Waals surface area contributed by atoms with Gasteiger partial charge in [0.25, 0.3) is 0 Å². The lowest BCUT2D eigenvalue weighted by molar-refractivity contribution is 0.430. The van der Waals surface area contributed by atoms with E-state index >= 15 is 0 Å². The fourth-order valence-corrected chi connectivity index (χ4v) is 2.18. The highest BCUT2D eigenvalue weighted by Crippen LogP contribution is 2.25. The maximum absolute atomic E-state index is 6.13. The van der Waals surface area contributed by atoms with Gasteiger partial charge in [-0.15, -0.1) is 0 Å². The van der Waals surface area contributed by atoms with E-state index in [1.165, 1.54) is 10.9 Å². The lowest BCUT2D eigenvalue weighted by Crippen LogP contribution is -2.37. The van der Waals surface area contributed by atoms with Crippen molar-refractivity contribution in [3.05, 3.63) is 35.0 Å². The summed E-state index contributed by atoms with van der Waals surface area (Å²) < 4.78 is 0. The monoisotopic (exact) mass is 250 g/mol. The number of halogens is 1. The van der Waals surface area contributed by atoms with Gasteiger partial charge in [0.15, 0.2) is 0 Å². The lowest BCUT2D eigenvalue weighted by Gasteiger charge is -2.20. The number of para-hydroxylation sites is 1. The van der Waals surface area contributed by atoms with Crippen LogP contribution in [0, 0.1) is 0 Å². The highest BCUT2D eigenvalue weighted by molar-refractivity contribution is 6.35. The number of nitrogens with one attached hydrogen (secondary N) is 2. The molecule has 0 aliphatic rings. The molecular formula is C14H19ClN2. The molecule has 0 saturated heterocycles. The van der Waals surface area contributed by atoms with Crippen LogP contribution in [0.2, 0.25) is 5.02 Å². The zero-order chi connectivity index (χ0) is 12.5. The van der Waals surface area contributed by atoms with Gasteiger partial charge in [0.05, 0.1) is 10.5 Å². The predicted molar refractivity (Wildman–Crippen MR) is 74.8 cm³/mol. The van der Waals surface area contributed by atoms with Gasteiger partial charge in [-0.25, -0.2) is 0 Å². The van der Waals surface area contributed by atoms with Crippen LogP contribution in [0.5, 0.6) is 0 Å². The SMILES string of the molecule is CC(C)(C)NCCc1c[nH]c2c(Cl)cccc12. The molecule has 0 atom stereocenters. The largest absolute Gasteiger partial charge is 0.360 e. The normalized spacial score (nSPS) is 12.2. The third-order valence-electron chi connectivity index (χ3n) is 2.80. The number of rotatable bonds is 3. The molecule has 2 N–H and O–H groups in total. The molecule has 0 radical (unpaired) electrons. The maximum atomic E-state index is 6.13. The molecule has 0 spiro atoms. The minimum absolute atomic E-state index is 0.170. The zero-order valence-electron chi connectivity index (χ0n) is 10.6. The first-order valence-corrected chi connectivity index (χ1v) is 6.35. The molecule has 92 valence electrons. The molecule has 2 nitrogen and oxygen atoms in total. The van der Waals surface area contributed by atoms with Gasteiger partial charge in [-0.05, 0) is 45.4 Å². The molecule has 0 amide bonds. The zero-order valence-corrected chi connectivity index (χ0v) is 11.4. The molecule has 0 bridgehead atoms. The van der Waals surface area contributed by atoms with Crippen molar-refractivity contribution in [3.63, 3.8) is 0 Å². The average Bonchev–Trinajstić information content (AvgIpc) is 2.61.